The first-order valence-corrected chi connectivity index (χ1v) is 10.8. The molecule has 1 atom stereocenters. The lowest BCUT2D eigenvalue weighted by Crippen LogP contribution is -2.45. The Labute approximate surface area is 187 Å². The molecule has 0 aliphatic carbocycles. The van der Waals surface area contributed by atoms with E-state index in [4.69, 9.17) is 0 Å². The number of nitrogens with one attached hydrogen (secondary N) is 2. The molecule has 1 aliphatic rings. The molecule has 0 radical (unpaired) electrons. The molecule has 3 aromatic rings. The van der Waals surface area contributed by atoms with Crippen molar-refractivity contribution in [1.29, 1.82) is 0 Å². The fourth-order valence-electron chi connectivity index (χ4n) is 3.42. The first kappa shape index (κ1) is 21.4. The van der Waals surface area contributed by atoms with E-state index in [-0.39, 0.29) is 11.6 Å². The highest BCUT2D eigenvalue weighted by atomic mass is 32.1. The Kier molecular flexibility index (Phi) is 6.08. The van der Waals surface area contributed by atoms with Crippen molar-refractivity contribution in [2.45, 2.75) is 25.8 Å². The molecular formula is C21H20N6O4S. The lowest BCUT2D eigenvalue weighted by atomic mass is 10.2. The molecule has 2 heterocycles. The molecule has 2 aromatic carbocycles. The summed E-state index contributed by atoms with van der Waals surface area (Å²) in [5.74, 6) is -0.326. The van der Waals surface area contributed by atoms with Crippen molar-refractivity contribution >= 4 is 39.8 Å². The first-order valence-electron chi connectivity index (χ1n) is 9.94. The molecule has 32 heavy (non-hydrogen) atoms. The average molecular weight is 452 g/mol. The van der Waals surface area contributed by atoms with Crippen LogP contribution in [0.3, 0.4) is 0 Å². The molecular weight excluding hydrogens is 432 g/mol. The van der Waals surface area contributed by atoms with Crippen LogP contribution in [0.4, 0.5) is 21.3 Å². The molecule has 164 valence electrons. The number of nitro benzene ring substituents is 1. The molecule has 1 aliphatic heterocycles. The van der Waals surface area contributed by atoms with Crippen LogP contribution < -0.4 is 10.6 Å². The van der Waals surface area contributed by atoms with Gasteiger partial charge >= 0.3 is 6.03 Å². The van der Waals surface area contributed by atoms with Crippen LogP contribution in [0.5, 0.6) is 0 Å². The first-order chi connectivity index (χ1) is 15.4. The summed E-state index contributed by atoms with van der Waals surface area (Å²) in [5.41, 5.74) is 2.40. The average Bonchev–Trinajstić information content (AvgIpc) is 3.44. The molecule has 1 aromatic heterocycles. The number of amides is 3. The van der Waals surface area contributed by atoms with Gasteiger partial charge in [0.1, 0.15) is 11.0 Å². The summed E-state index contributed by atoms with van der Waals surface area (Å²) in [6.45, 7) is 2.43. The molecule has 0 saturated carbocycles. The molecule has 1 fully saturated rings. The fraction of sp³-hybridized carbons (Fsp3) is 0.238. The Morgan fingerprint density at radius 2 is 1.81 bits per heavy atom. The molecule has 11 heteroatoms. The Morgan fingerprint density at radius 1 is 1.09 bits per heavy atom. The Balaban J connectivity index is 1.39. The number of likely N-dealkylation sites (tertiary alicyclic amines) is 1. The van der Waals surface area contributed by atoms with E-state index in [1.54, 1.807) is 0 Å². The minimum atomic E-state index is -0.639. The molecule has 10 nitrogen and oxygen atoms in total. The molecule has 2 N–H and O–H groups in total. The largest absolute Gasteiger partial charge is 0.322 e. The lowest BCUT2D eigenvalue weighted by molar-refractivity contribution is -0.384. The van der Waals surface area contributed by atoms with Crippen molar-refractivity contribution in [2.75, 3.05) is 17.2 Å². The van der Waals surface area contributed by atoms with Gasteiger partial charge in [0, 0.05) is 29.9 Å². The zero-order chi connectivity index (χ0) is 22.7. The predicted octanol–water partition coefficient (Wildman–Crippen LogP) is 4.06. The summed E-state index contributed by atoms with van der Waals surface area (Å²) in [7, 11) is 0. The monoisotopic (exact) mass is 452 g/mol. The van der Waals surface area contributed by atoms with Gasteiger partial charge in [-0.3, -0.25) is 20.2 Å². The number of nitrogens with zero attached hydrogens (tertiary/aromatic N) is 4. The van der Waals surface area contributed by atoms with Crippen LogP contribution in [0.15, 0.2) is 48.5 Å². The van der Waals surface area contributed by atoms with E-state index in [2.05, 4.69) is 20.8 Å². The zero-order valence-electron chi connectivity index (χ0n) is 17.1. The number of hydrogen-bond acceptors (Lipinski definition) is 7. The van der Waals surface area contributed by atoms with Gasteiger partial charge < -0.3 is 10.2 Å². The van der Waals surface area contributed by atoms with Crippen molar-refractivity contribution in [3.63, 3.8) is 0 Å². The van der Waals surface area contributed by atoms with Gasteiger partial charge in [-0.2, -0.15) is 0 Å². The minimum absolute atomic E-state index is 0.0662. The number of carbonyl (C=O) groups excluding carboxylic acids is 2. The van der Waals surface area contributed by atoms with Gasteiger partial charge in [-0.25, -0.2) is 4.79 Å². The molecule has 0 bridgehead atoms. The molecule has 0 spiro atoms. The summed E-state index contributed by atoms with van der Waals surface area (Å²) in [6.07, 6.45) is 1.22. The van der Waals surface area contributed by atoms with E-state index >= 15 is 0 Å². The maximum atomic E-state index is 12.8. The van der Waals surface area contributed by atoms with Crippen LogP contribution in [0.1, 0.15) is 18.4 Å². The van der Waals surface area contributed by atoms with Gasteiger partial charge in [-0.05, 0) is 31.9 Å². The predicted molar refractivity (Wildman–Crippen MR) is 121 cm³/mol. The van der Waals surface area contributed by atoms with Gasteiger partial charge in [0.05, 0.1) is 4.92 Å². The number of aryl methyl sites for hydroxylation is 1. The van der Waals surface area contributed by atoms with Gasteiger partial charge in [-0.1, -0.05) is 41.2 Å². The zero-order valence-corrected chi connectivity index (χ0v) is 18.0. The fourth-order valence-corrected chi connectivity index (χ4v) is 4.17. The molecule has 3 amide bonds. The number of non-ortho nitro benzene ring substituents is 1. The summed E-state index contributed by atoms with van der Waals surface area (Å²) in [4.78, 5) is 37.2. The SMILES string of the molecule is Cc1ccc(-c2nnc(NC(=O)C3CCCN3C(=O)Nc3ccc([N+](=O)[O-])cc3)s2)cc1. The molecule has 1 saturated heterocycles. The second-order valence-electron chi connectivity index (χ2n) is 7.35. The van der Waals surface area contributed by atoms with E-state index in [1.165, 1.54) is 40.5 Å². The van der Waals surface area contributed by atoms with Crippen LogP contribution >= 0.6 is 11.3 Å². The second kappa shape index (κ2) is 9.10. The van der Waals surface area contributed by atoms with Crippen molar-refractivity contribution in [3.05, 3.63) is 64.2 Å². The maximum Gasteiger partial charge on any atom is 0.322 e. The Hall–Kier alpha value is -3.86. The maximum absolute atomic E-state index is 12.8. The number of aromatic nitrogens is 2. The third-order valence-electron chi connectivity index (χ3n) is 5.10. The van der Waals surface area contributed by atoms with Gasteiger partial charge in [0.15, 0.2) is 0 Å². The molecule has 1 unspecified atom stereocenters. The number of anilines is 2. The highest BCUT2D eigenvalue weighted by Gasteiger charge is 2.34. The van der Waals surface area contributed by atoms with Gasteiger partial charge in [0.25, 0.3) is 5.69 Å². The topological polar surface area (TPSA) is 130 Å². The van der Waals surface area contributed by atoms with Crippen molar-refractivity contribution < 1.29 is 14.5 Å². The lowest BCUT2D eigenvalue weighted by Gasteiger charge is -2.23. The second-order valence-corrected chi connectivity index (χ2v) is 8.33. The van der Waals surface area contributed by atoms with Crippen LogP contribution in [0.25, 0.3) is 10.6 Å². The normalized spacial score (nSPS) is 15.4. The Morgan fingerprint density at radius 3 is 2.50 bits per heavy atom. The number of nitro groups is 1. The quantitative estimate of drug-likeness (QED) is 0.443. The number of carbonyl (C=O) groups is 2. The summed E-state index contributed by atoms with van der Waals surface area (Å²) < 4.78 is 0. The van der Waals surface area contributed by atoms with Crippen molar-refractivity contribution in [2.24, 2.45) is 0 Å². The van der Waals surface area contributed by atoms with E-state index in [0.29, 0.717) is 35.2 Å². The highest BCUT2D eigenvalue weighted by molar-refractivity contribution is 7.18. The van der Waals surface area contributed by atoms with Gasteiger partial charge in [0.2, 0.25) is 11.0 Å². The minimum Gasteiger partial charge on any atom is -0.312 e. The number of hydrogen-bond donors (Lipinski definition) is 2. The van der Waals surface area contributed by atoms with Crippen LogP contribution in [0, 0.1) is 17.0 Å². The summed E-state index contributed by atoms with van der Waals surface area (Å²) in [5, 5.41) is 25.5. The van der Waals surface area contributed by atoms with E-state index in [0.717, 1.165) is 11.1 Å². The summed E-state index contributed by atoms with van der Waals surface area (Å²) in [6, 6.07) is 12.3. The number of urea groups is 1. The highest BCUT2D eigenvalue weighted by Crippen LogP contribution is 2.28. The van der Waals surface area contributed by atoms with Gasteiger partial charge in [-0.15, -0.1) is 10.2 Å². The van der Waals surface area contributed by atoms with E-state index in [9.17, 15) is 19.7 Å². The van der Waals surface area contributed by atoms with E-state index in [1.807, 2.05) is 31.2 Å². The number of rotatable bonds is 5. The smallest absolute Gasteiger partial charge is 0.312 e. The third-order valence-corrected chi connectivity index (χ3v) is 5.99. The van der Waals surface area contributed by atoms with E-state index < -0.39 is 17.0 Å². The van der Waals surface area contributed by atoms with Crippen LogP contribution in [-0.2, 0) is 4.79 Å². The molecule has 4 rings (SSSR count). The van der Waals surface area contributed by atoms with Crippen molar-refractivity contribution in [1.82, 2.24) is 15.1 Å². The standard InChI is InChI=1S/C21H20N6O4S/c1-13-4-6-14(7-5-13)19-24-25-20(32-19)23-18(28)17-3-2-12-26(17)21(29)22-15-8-10-16(11-9-15)27(30)31/h4-11,17H,2-3,12H2,1H3,(H,22,29)(H,23,25,28). The van der Waals surface area contributed by atoms with Crippen molar-refractivity contribution in [3.8, 4) is 10.6 Å². The van der Waals surface area contributed by atoms with Crippen LogP contribution in [0.2, 0.25) is 0 Å². The third kappa shape index (κ3) is 4.72. The van der Waals surface area contributed by atoms with Crippen LogP contribution in [-0.4, -0.2) is 44.5 Å². The number of benzene rings is 2. The Bertz CT molecular complexity index is 1150. The summed E-state index contributed by atoms with van der Waals surface area (Å²) >= 11 is 1.27.